The number of hydrogen-bond donors (Lipinski definition) is 3. The Bertz CT molecular complexity index is 814. The minimum absolute atomic E-state index is 0.0850. The van der Waals surface area contributed by atoms with Crippen molar-refractivity contribution in [3.8, 4) is 11.5 Å². The third kappa shape index (κ3) is 4.79. The number of benzene rings is 1. The molecule has 0 unspecified atom stereocenters. The number of aromatic nitrogens is 3. The molecule has 0 saturated carbocycles. The zero-order valence-corrected chi connectivity index (χ0v) is 16.6. The molecule has 1 aromatic carbocycles. The molecule has 28 heavy (non-hydrogen) atoms. The van der Waals surface area contributed by atoms with Crippen LogP contribution in [0.4, 0.5) is 0 Å². The lowest BCUT2D eigenvalue weighted by Crippen LogP contribution is -2.38. The molecule has 1 aromatic heterocycles. The second-order valence-corrected chi connectivity index (χ2v) is 6.96. The summed E-state index contributed by atoms with van der Waals surface area (Å²) in [7, 11) is 3.20. The minimum atomic E-state index is -0.326. The fraction of sp³-hybridized carbons (Fsp3) is 0.526. The molecule has 152 valence electrons. The van der Waals surface area contributed by atoms with Gasteiger partial charge in [0.05, 0.1) is 20.3 Å². The molecular formula is C19H28N6O3. The third-order valence-electron chi connectivity index (χ3n) is 4.68. The van der Waals surface area contributed by atoms with Crippen LogP contribution in [-0.4, -0.2) is 54.0 Å². The predicted molar refractivity (Wildman–Crippen MR) is 104 cm³/mol. The van der Waals surface area contributed by atoms with E-state index in [4.69, 9.17) is 15.2 Å². The molecular weight excluding hydrogens is 360 g/mol. The van der Waals surface area contributed by atoms with Gasteiger partial charge in [0.2, 0.25) is 5.91 Å². The van der Waals surface area contributed by atoms with Crippen molar-refractivity contribution in [3.05, 3.63) is 35.4 Å². The quantitative estimate of drug-likeness (QED) is 0.599. The molecule has 2 heterocycles. The van der Waals surface area contributed by atoms with Gasteiger partial charge in [-0.25, -0.2) is 9.67 Å². The van der Waals surface area contributed by atoms with E-state index < -0.39 is 0 Å². The molecule has 1 aliphatic heterocycles. The van der Waals surface area contributed by atoms with Crippen LogP contribution in [0, 0.1) is 0 Å². The van der Waals surface area contributed by atoms with Gasteiger partial charge in [0.25, 0.3) is 0 Å². The second-order valence-electron chi connectivity index (χ2n) is 6.96. The summed E-state index contributed by atoms with van der Waals surface area (Å²) >= 11 is 0. The van der Waals surface area contributed by atoms with Crippen LogP contribution in [0.5, 0.6) is 11.5 Å². The fourth-order valence-electron chi connectivity index (χ4n) is 3.29. The zero-order chi connectivity index (χ0) is 20.1. The largest absolute Gasteiger partial charge is 0.493 e. The number of carbonyl (C=O) groups is 1. The van der Waals surface area contributed by atoms with E-state index in [1.54, 1.807) is 18.9 Å². The fourth-order valence-corrected chi connectivity index (χ4v) is 3.29. The number of ether oxygens (including phenoxy) is 2. The van der Waals surface area contributed by atoms with Crippen molar-refractivity contribution >= 4 is 5.91 Å². The van der Waals surface area contributed by atoms with E-state index in [2.05, 4.69) is 20.7 Å². The standard InChI is InChI=1S/C19H28N6O3/c1-12(20)19-23-17(9-13-4-5-15(27-2)16(8-13)28-3)24-25(19)11-18(26)22-14-6-7-21-10-14/h4-5,8,12,14,21H,6-7,9-11,20H2,1-3H3,(H,22,26)/t12-,14+/m1/s1. The summed E-state index contributed by atoms with van der Waals surface area (Å²) in [6, 6.07) is 5.52. The molecule has 9 nitrogen and oxygen atoms in total. The molecule has 4 N–H and O–H groups in total. The maximum Gasteiger partial charge on any atom is 0.242 e. The highest BCUT2D eigenvalue weighted by atomic mass is 16.5. The average Bonchev–Trinajstić information content (AvgIpc) is 3.31. The van der Waals surface area contributed by atoms with Crippen molar-refractivity contribution < 1.29 is 14.3 Å². The van der Waals surface area contributed by atoms with Gasteiger partial charge >= 0.3 is 0 Å². The first-order chi connectivity index (χ1) is 13.5. The van der Waals surface area contributed by atoms with E-state index in [0.29, 0.717) is 29.6 Å². The molecule has 0 radical (unpaired) electrons. The zero-order valence-electron chi connectivity index (χ0n) is 16.6. The molecule has 0 aliphatic carbocycles. The lowest BCUT2D eigenvalue weighted by atomic mass is 10.1. The number of nitrogens with zero attached hydrogens (tertiary/aromatic N) is 3. The van der Waals surface area contributed by atoms with Gasteiger partial charge in [0.15, 0.2) is 17.3 Å². The lowest BCUT2D eigenvalue weighted by molar-refractivity contribution is -0.122. The Hall–Kier alpha value is -2.65. The van der Waals surface area contributed by atoms with E-state index in [1.807, 2.05) is 25.1 Å². The monoisotopic (exact) mass is 388 g/mol. The van der Waals surface area contributed by atoms with Crippen LogP contribution in [0.1, 0.15) is 36.6 Å². The van der Waals surface area contributed by atoms with E-state index in [0.717, 1.165) is 25.1 Å². The Kier molecular flexibility index (Phi) is 6.48. The van der Waals surface area contributed by atoms with Gasteiger partial charge in [-0.3, -0.25) is 4.79 Å². The van der Waals surface area contributed by atoms with Crippen molar-refractivity contribution in [2.45, 2.75) is 38.4 Å². The number of nitrogens with one attached hydrogen (secondary N) is 2. The molecule has 1 saturated heterocycles. The maximum absolute atomic E-state index is 12.4. The Morgan fingerprint density at radius 1 is 1.39 bits per heavy atom. The smallest absolute Gasteiger partial charge is 0.242 e. The van der Waals surface area contributed by atoms with Gasteiger partial charge in [-0.1, -0.05) is 6.07 Å². The van der Waals surface area contributed by atoms with Gasteiger partial charge in [0, 0.05) is 19.0 Å². The number of rotatable bonds is 8. The van der Waals surface area contributed by atoms with Gasteiger partial charge < -0.3 is 25.8 Å². The topological polar surface area (TPSA) is 116 Å². The van der Waals surface area contributed by atoms with Crippen molar-refractivity contribution in [1.29, 1.82) is 0 Å². The Labute approximate surface area is 164 Å². The van der Waals surface area contributed by atoms with Crippen LogP contribution in [0.15, 0.2) is 18.2 Å². The number of hydrogen-bond acceptors (Lipinski definition) is 7. The van der Waals surface area contributed by atoms with E-state index in [9.17, 15) is 4.79 Å². The third-order valence-corrected chi connectivity index (χ3v) is 4.68. The summed E-state index contributed by atoms with van der Waals surface area (Å²) in [4.78, 5) is 16.9. The normalized spacial score (nSPS) is 17.4. The van der Waals surface area contributed by atoms with Crippen LogP contribution in [-0.2, 0) is 17.8 Å². The van der Waals surface area contributed by atoms with Crippen molar-refractivity contribution in [1.82, 2.24) is 25.4 Å². The number of amides is 1. The van der Waals surface area contributed by atoms with Gasteiger partial charge in [-0.05, 0) is 37.6 Å². The first-order valence-electron chi connectivity index (χ1n) is 9.40. The second kappa shape index (κ2) is 9.03. The summed E-state index contributed by atoms with van der Waals surface area (Å²) in [5, 5.41) is 10.8. The lowest BCUT2D eigenvalue weighted by Gasteiger charge is -2.12. The molecule has 9 heteroatoms. The van der Waals surface area contributed by atoms with Crippen molar-refractivity contribution in [2.75, 3.05) is 27.3 Å². The Balaban J connectivity index is 1.73. The molecule has 1 amide bonds. The highest BCUT2D eigenvalue weighted by Gasteiger charge is 2.20. The average molecular weight is 388 g/mol. The van der Waals surface area contributed by atoms with Gasteiger partial charge in [-0.2, -0.15) is 5.10 Å². The van der Waals surface area contributed by atoms with Crippen molar-refractivity contribution in [3.63, 3.8) is 0 Å². The van der Waals surface area contributed by atoms with Crippen LogP contribution >= 0.6 is 0 Å². The summed E-state index contributed by atoms with van der Waals surface area (Å²) in [6.45, 7) is 3.66. The van der Waals surface area contributed by atoms with Gasteiger partial charge in [0.1, 0.15) is 12.4 Å². The van der Waals surface area contributed by atoms with Crippen LogP contribution < -0.4 is 25.8 Å². The molecule has 0 spiro atoms. The predicted octanol–water partition coefficient (Wildman–Crippen LogP) is 0.384. The van der Waals surface area contributed by atoms with Crippen LogP contribution in [0.2, 0.25) is 0 Å². The summed E-state index contributed by atoms with van der Waals surface area (Å²) in [5.74, 6) is 2.43. The minimum Gasteiger partial charge on any atom is -0.493 e. The van der Waals surface area contributed by atoms with Crippen LogP contribution in [0.3, 0.4) is 0 Å². The molecule has 1 fully saturated rings. The van der Waals surface area contributed by atoms with E-state index in [-0.39, 0.29) is 24.5 Å². The molecule has 1 aliphatic rings. The SMILES string of the molecule is COc1ccc(Cc2nc([C@@H](C)N)n(CC(=O)N[C@H]3CCNC3)n2)cc1OC. The first kappa shape index (κ1) is 20.1. The first-order valence-corrected chi connectivity index (χ1v) is 9.40. The summed E-state index contributed by atoms with van der Waals surface area (Å²) < 4.78 is 12.2. The molecule has 0 bridgehead atoms. The Morgan fingerprint density at radius 3 is 2.82 bits per heavy atom. The summed E-state index contributed by atoms with van der Waals surface area (Å²) in [6.07, 6.45) is 1.44. The number of methoxy groups -OCH3 is 2. The highest BCUT2D eigenvalue weighted by Crippen LogP contribution is 2.28. The van der Waals surface area contributed by atoms with Crippen LogP contribution in [0.25, 0.3) is 0 Å². The molecule has 3 rings (SSSR count). The Morgan fingerprint density at radius 2 is 2.18 bits per heavy atom. The summed E-state index contributed by atoms with van der Waals surface area (Å²) in [5.41, 5.74) is 7.02. The maximum atomic E-state index is 12.4. The molecule has 2 atom stereocenters. The van der Waals surface area contributed by atoms with Crippen molar-refractivity contribution in [2.24, 2.45) is 5.73 Å². The van der Waals surface area contributed by atoms with Gasteiger partial charge in [-0.15, -0.1) is 0 Å². The highest BCUT2D eigenvalue weighted by molar-refractivity contribution is 5.76. The number of nitrogens with two attached hydrogens (primary N) is 1. The molecule has 2 aromatic rings. The van der Waals surface area contributed by atoms with E-state index in [1.165, 1.54) is 0 Å². The number of carbonyl (C=O) groups excluding carboxylic acids is 1. The van der Waals surface area contributed by atoms with E-state index >= 15 is 0 Å².